The summed E-state index contributed by atoms with van der Waals surface area (Å²) in [6.07, 6.45) is 5.51. The highest BCUT2D eigenvalue weighted by Crippen LogP contribution is 2.31. The lowest BCUT2D eigenvalue weighted by atomic mass is 9.95. The predicted octanol–water partition coefficient (Wildman–Crippen LogP) is 4.41. The van der Waals surface area contributed by atoms with Gasteiger partial charge in [0, 0.05) is 11.1 Å². The van der Waals surface area contributed by atoms with Crippen molar-refractivity contribution < 1.29 is 4.21 Å². The summed E-state index contributed by atoms with van der Waals surface area (Å²) in [5, 5.41) is 4.81. The lowest BCUT2D eigenvalue weighted by Gasteiger charge is -2.32. The van der Waals surface area contributed by atoms with Crippen LogP contribution in [0.4, 0.5) is 0 Å². The maximum Gasteiger partial charge on any atom is 0.0592 e. The van der Waals surface area contributed by atoms with Crippen molar-refractivity contribution in [3.63, 3.8) is 0 Å². The number of hydrogen-bond donors (Lipinski definition) is 1. The fourth-order valence-corrected chi connectivity index (χ4v) is 5.03. The van der Waals surface area contributed by atoms with Crippen molar-refractivity contribution in [1.82, 2.24) is 5.32 Å². The van der Waals surface area contributed by atoms with Crippen LogP contribution in [-0.2, 0) is 10.8 Å². The summed E-state index contributed by atoms with van der Waals surface area (Å²) < 4.78 is 12.9. The molecule has 0 heterocycles. The second-order valence-corrected chi connectivity index (χ2v) is 7.74. The smallest absolute Gasteiger partial charge is 0.0592 e. The first-order valence-electron chi connectivity index (χ1n) is 7.22. The van der Waals surface area contributed by atoms with E-state index >= 15 is 0 Å². The average molecular weight is 334 g/mol. The van der Waals surface area contributed by atoms with Crippen molar-refractivity contribution >= 4 is 34.0 Å². The van der Waals surface area contributed by atoms with Crippen LogP contribution in [0.1, 0.15) is 39.0 Å². The van der Waals surface area contributed by atoms with E-state index in [1.165, 1.54) is 6.42 Å². The highest BCUT2D eigenvalue weighted by molar-refractivity contribution is 7.85. The molecule has 112 valence electrons. The van der Waals surface area contributed by atoms with Gasteiger partial charge < -0.3 is 5.32 Å². The molecule has 0 aromatic heterocycles. The van der Waals surface area contributed by atoms with Gasteiger partial charge in [0.15, 0.2) is 0 Å². The standard InChI is InChI=1S/C15H21Cl2NOS/c1-2-9-18-13-5-3-4-6-14(13)20(19)15-10-11(16)7-8-12(15)17/h7-8,10,13-14,18H,2-6,9H2,1H3. The van der Waals surface area contributed by atoms with Gasteiger partial charge in [-0.3, -0.25) is 4.21 Å². The Morgan fingerprint density at radius 2 is 2.05 bits per heavy atom. The van der Waals surface area contributed by atoms with Gasteiger partial charge in [-0.2, -0.15) is 0 Å². The Kier molecular flexibility index (Phi) is 6.34. The van der Waals surface area contributed by atoms with Gasteiger partial charge >= 0.3 is 0 Å². The largest absolute Gasteiger partial charge is 0.313 e. The zero-order valence-electron chi connectivity index (χ0n) is 11.7. The van der Waals surface area contributed by atoms with E-state index in [1.807, 2.05) is 0 Å². The second kappa shape index (κ2) is 7.79. The summed E-state index contributed by atoms with van der Waals surface area (Å²) in [4.78, 5) is 0.675. The van der Waals surface area contributed by atoms with Gasteiger partial charge in [0.25, 0.3) is 0 Å². The molecule has 0 bridgehead atoms. The van der Waals surface area contributed by atoms with Crippen molar-refractivity contribution in [3.8, 4) is 0 Å². The van der Waals surface area contributed by atoms with Crippen LogP contribution in [0.25, 0.3) is 0 Å². The molecule has 0 radical (unpaired) electrons. The molecule has 1 saturated carbocycles. The van der Waals surface area contributed by atoms with Crippen LogP contribution in [0.2, 0.25) is 10.0 Å². The number of hydrogen-bond acceptors (Lipinski definition) is 2. The Labute approximate surface area is 133 Å². The van der Waals surface area contributed by atoms with Gasteiger partial charge in [-0.15, -0.1) is 0 Å². The third-order valence-electron chi connectivity index (χ3n) is 3.74. The van der Waals surface area contributed by atoms with Crippen LogP contribution in [0, 0.1) is 0 Å². The molecular formula is C15H21Cl2NOS. The minimum atomic E-state index is -1.10. The first-order chi connectivity index (χ1) is 9.63. The van der Waals surface area contributed by atoms with Crippen molar-refractivity contribution in [2.75, 3.05) is 6.54 Å². The molecule has 1 fully saturated rings. The summed E-state index contributed by atoms with van der Waals surface area (Å²) in [5.41, 5.74) is 0. The molecule has 3 atom stereocenters. The number of nitrogens with one attached hydrogen (secondary N) is 1. The lowest BCUT2D eigenvalue weighted by molar-refractivity contribution is 0.379. The highest BCUT2D eigenvalue weighted by atomic mass is 35.5. The fraction of sp³-hybridized carbons (Fsp3) is 0.600. The van der Waals surface area contributed by atoms with Crippen LogP contribution in [0.5, 0.6) is 0 Å². The van der Waals surface area contributed by atoms with E-state index in [4.69, 9.17) is 23.2 Å². The molecule has 1 aromatic carbocycles. The minimum Gasteiger partial charge on any atom is -0.313 e. The van der Waals surface area contributed by atoms with Gasteiger partial charge in [0.05, 0.1) is 26.0 Å². The number of rotatable bonds is 5. The second-order valence-electron chi connectivity index (χ2n) is 5.26. The molecule has 0 amide bonds. The molecule has 1 aliphatic carbocycles. The van der Waals surface area contributed by atoms with Crippen molar-refractivity contribution in [2.24, 2.45) is 0 Å². The van der Waals surface area contributed by atoms with Crippen LogP contribution in [0.15, 0.2) is 23.1 Å². The maximum atomic E-state index is 12.9. The average Bonchev–Trinajstić information content (AvgIpc) is 2.47. The topological polar surface area (TPSA) is 29.1 Å². The zero-order valence-corrected chi connectivity index (χ0v) is 14.0. The predicted molar refractivity (Wildman–Crippen MR) is 87.2 cm³/mol. The SMILES string of the molecule is CCCNC1CCCCC1S(=O)c1cc(Cl)ccc1Cl. The molecule has 3 unspecified atom stereocenters. The highest BCUT2D eigenvalue weighted by Gasteiger charge is 2.31. The van der Waals surface area contributed by atoms with E-state index < -0.39 is 10.8 Å². The van der Waals surface area contributed by atoms with E-state index in [1.54, 1.807) is 18.2 Å². The molecule has 1 aliphatic rings. The van der Waals surface area contributed by atoms with Gasteiger partial charge in [-0.25, -0.2) is 0 Å². The Morgan fingerprint density at radius 3 is 2.80 bits per heavy atom. The van der Waals surface area contributed by atoms with E-state index in [-0.39, 0.29) is 5.25 Å². The van der Waals surface area contributed by atoms with E-state index in [2.05, 4.69) is 12.2 Å². The van der Waals surface area contributed by atoms with Crippen molar-refractivity contribution in [3.05, 3.63) is 28.2 Å². The monoisotopic (exact) mass is 333 g/mol. The molecule has 2 nitrogen and oxygen atoms in total. The number of benzene rings is 1. The van der Waals surface area contributed by atoms with Gasteiger partial charge in [-0.05, 0) is 44.0 Å². The van der Waals surface area contributed by atoms with Crippen LogP contribution in [-0.4, -0.2) is 22.0 Å². The Bertz CT molecular complexity index is 481. The van der Waals surface area contributed by atoms with E-state index in [0.29, 0.717) is 21.0 Å². The van der Waals surface area contributed by atoms with Gasteiger partial charge in [0.2, 0.25) is 0 Å². The lowest BCUT2D eigenvalue weighted by Crippen LogP contribution is -2.44. The molecule has 20 heavy (non-hydrogen) atoms. The molecular weight excluding hydrogens is 313 g/mol. The molecule has 1 N–H and O–H groups in total. The van der Waals surface area contributed by atoms with Crippen molar-refractivity contribution in [2.45, 2.75) is 55.2 Å². The maximum absolute atomic E-state index is 12.9. The van der Waals surface area contributed by atoms with Gasteiger partial charge in [-0.1, -0.05) is 43.0 Å². The van der Waals surface area contributed by atoms with E-state index in [9.17, 15) is 4.21 Å². The minimum absolute atomic E-state index is 0.131. The Balaban J connectivity index is 2.18. The Morgan fingerprint density at radius 1 is 1.30 bits per heavy atom. The molecule has 1 aromatic rings. The van der Waals surface area contributed by atoms with Crippen molar-refractivity contribution in [1.29, 1.82) is 0 Å². The summed E-state index contributed by atoms with van der Waals surface area (Å²) in [7, 11) is -1.10. The number of halogens is 2. The summed E-state index contributed by atoms with van der Waals surface area (Å²) >= 11 is 12.2. The van der Waals surface area contributed by atoms with E-state index in [0.717, 1.165) is 32.2 Å². The third kappa shape index (κ3) is 3.97. The molecule has 0 spiro atoms. The van der Waals surface area contributed by atoms with Crippen LogP contribution < -0.4 is 5.32 Å². The summed E-state index contributed by atoms with van der Waals surface area (Å²) in [5.74, 6) is 0. The normalized spacial score (nSPS) is 24.6. The zero-order chi connectivity index (χ0) is 14.5. The third-order valence-corrected chi connectivity index (χ3v) is 6.31. The first-order valence-corrected chi connectivity index (χ1v) is 9.19. The molecule has 5 heteroatoms. The Hall–Kier alpha value is -0.0900. The molecule has 2 rings (SSSR count). The summed E-state index contributed by atoms with van der Waals surface area (Å²) in [6.45, 7) is 3.12. The van der Waals surface area contributed by atoms with Gasteiger partial charge in [0.1, 0.15) is 0 Å². The van der Waals surface area contributed by atoms with Crippen LogP contribution >= 0.6 is 23.2 Å². The summed E-state index contributed by atoms with van der Waals surface area (Å²) in [6, 6.07) is 5.53. The molecule has 0 aliphatic heterocycles. The molecule has 0 saturated heterocycles. The quantitative estimate of drug-likeness (QED) is 0.864. The van der Waals surface area contributed by atoms with Crippen LogP contribution in [0.3, 0.4) is 0 Å². The first kappa shape index (κ1) is 16.3. The fourth-order valence-electron chi connectivity index (χ4n) is 2.71.